The number of piperazine rings is 1. The van der Waals surface area contributed by atoms with Crippen LogP contribution in [0.15, 0.2) is 41.9 Å². The van der Waals surface area contributed by atoms with Crippen molar-refractivity contribution in [3.05, 3.63) is 69.5 Å². The molecule has 1 fully saturated rings. The fraction of sp³-hybridized carbons (Fsp3) is 0.485. The normalized spacial score (nSPS) is 19.4. The first-order chi connectivity index (χ1) is 19.6. The van der Waals surface area contributed by atoms with Crippen molar-refractivity contribution in [2.45, 2.75) is 92.2 Å². The predicted octanol–water partition coefficient (Wildman–Crippen LogP) is 6.86. The number of carbonyl (C=O) groups excluding carboxylic acids is 1. The Bertz CT molecular complexity index is 1590. The average molecular weight is 591 g/mol. The lowest BCUT2D eigenvalue weighted by molar-refractivity contribution is -0.128. The standard InChI is InChI=1S/C32H39ClN6O2.CH4/c1-7-26(40)37-17-22(6)38(18-21(37)5)30-24-16-25(33)28(23-12-10-8-9-11-13-23)35-31(24)39(32(41)36-30)29-20(4)14-15-34-27(29)19(2)3;/h7,12,14-16,19,21-22H,1,8-11,13,17-18H2,2-6H3;1H4/t21-,22+;/m1./s1. The van der Waals surface area contributed by atoms with Gasteiger partial charge in [0.2, 0.25) is 5.91 Å². The minimum Gasteiger partial charge on any atom is -0.349 e. The zero-order valence-corrected chi connectivity index (χ0v) is 25.4. The van der Waals surface area contributed by atoms with Crippen molar-refractivity contribution in [3.8, 4) is 5.69 Å². The Hall–Kier alpha value is -3.52. The molecule has 9 heteroatoms. The Labute approximate surface area is 254 Å². The van der Waals surface area contributed by atoms with Crippen molar-refractivity contribution >= 4 is 39.9 Å². The molecule has 0 unspecified atom stereocenters. The van der Waals surface area contributed by atoms with E-state index in [-0.39, 0.29) is 31.3 Å². The maximum atomic E-state index is 14.1. The highest BCUT2D eigenvalue weighted by atomic mass is 35.5. The number of aromatic nitrogens is 4. The van der Waals surface area contributed by atoms with E-state index in [4.69, 9.17) is 16.6 Å². The molecular formula is C33H43ClN6O2. The number of pyridine rings is 2. The molecule has 1 saturated heterocycles. The van der Waals surface area contributed by atoms with Gasteiger partial charge in [0, 0.05) is 31.4 Å². The molecule has 224 valence electrons. The van der Waals surface area contributed by atoms with Gasteiger partial charge in [0.05, 0.1) is 27.5 Å². The van der Waals surface area contributed by atoms with Crippen molar-refractivity contribution in [1.82, 2.24) is 24.4 Å². The maximum Gasteiger partial charge on any atom is 0.355 e. The Morgan fingerprint density at radius 2 is 1.90 bits per heavy atom. The van der Waals surface area contributed by atoms with Gasteiger partial charge in [-0.25, -0.2) is 14.3 Å². The topological polar surface area (TPSA) is 84.2 Å². The highest BCUT2D eigenvalue weighted by Gasteiger charge is 2.34. The molecule has 3 aromatic heterocycles. The van der Waals surface area contributed by atoms with E-state index in [0.717, 1.165) is 53.9 Å². The number of amides is 1. The van der Waals surface area contributed by atoms with Gasteiger partial charge in [-0.05, 0) is 81.7 Å². The van der Waals surface area contributed by atoms with Crippen LogP contribution in [0, 0.1) is 6.92 Å². The van der Waals surface area contributed by atoms with Crippen molar-refractivity contribution < 1.29 is 4.79 Å². The number of allylic oxidation sites excluding steroid dienone is 2. The van der Waals surface area contributed by atoms with Crippen LogP contribution in [0.4, 0.5) is 5.82 Å². The quantitative estimate of drug-likeness (QED) is 0.302. The molecule has 1 aliphatic carbocycles. The van der Waals surface area contributed by atoms with Gasteiger partial charge in [0.25, 0.3) is 0 Å². The molecule has 0 saturated carbocycles. The number of nitrogens with zero attached hydrogens (tertiary/aromatic N) is 6. The first kappa shape index (κ1) is 31.4. The summed E-state index contributed by atoms with van der Waals surface area (Å²) in [5.41, 5.74) is 4.41. The van der Waals surface area contributed by atoms with Crippen LogP contribution in [0.1, 0.15) is 90.1 Å². The summed E-state index contributed by atoms with van der Waals surface area (Å²) in [5, 5.41) is 1.25. The van der Waals surface area contributed by atoms with Crippen LogP contribution in [0.2, 0.25) is 5.02 Å². The lowest BCUT2D eigenvalue weighted by atomic mass is 10.0. The van der Waals surface area contributed by atoms with E-state index in [9.17, 15) is 9.59 Å². The molecule has 5 rings (SSSR count). The van der Waals surface area contributed by atoms with E-state index in [2.05, 4.69) is 41.4 Å². The second-order valence-electron chi connectivity index (χ2n) is 11.6. The van der Waals surface area contributed by atoms with E-state index in [0.29, 0.717) is 35.0 Å². The molecule has 3 aromatic rings. The van der Waals surface area contributed by atoms with Gasteiger partial charge >= 0.3 is 5.69 Å². The van der Waals surface area contributed by atoms with Crippen LogP contribution < -0.4 is 10.6 Å². The summed E-state index contributed by atoms with van der Waals surface area (Å²) >= 11 is 6.99. The van der Waals surface area contributed by atoms with Crippen molar-refractivity contribution in [1.29, 1.82) is 0 Å². The molecular weight excluding hydrogens is 548 g/mol. The van der Waals surface area contributed by atoms with Crippen LogP contribution in [0.25, 0.3) is 22.3 Å². The Kier molecular flexibility index (Phi) is 9.56. The molecule has 42 heavy (non-hydrogen) atoms. The minimum absolute atomic E-state index is 0. The van der Waals surface area contributed by atoms with Crippen LogP contribution in [0.3, 0.4) is 0 Å². The summed E-state index contributed by atoms with van der Waals surface area (Å²) in [6, 6.07) is 3.65. The van der Waals surface area contributed by atoms with E-state index < -0.39 is 5.69 Å². The summed E-state index contributed by atoms with van der Waals surface area (Å²) in [7, 11) is 0. The van der Waals surface area contributed by atoms with Gasteiger partial charge < -0.3 is 9.80 Å². The number of aryl methyl sites for hydroxylation is 1. The lowest BCUT2D eigenvalue weighted by Crippen LogP contribution is -2.58. The number of anilines is 1. The SMILES string of the molecule is C.C=CC(=O)N1C[C@H](C)N(c2nc(=O)n(-c3c(C)ccnc3C(C)C)c3nc(C4=CCCCCC4)c(Cl)cc23)C[C@H]1C. The number of hydrogen-bond donors (Lipinski definition) is 0. The molecule has 0 aromatic carbocycles. The molecule has 2 atom stereocenters. The van der Waals surface area contributed by atoms with Gasteiger partial charge in [0.1, 0.15) is 5.82 Å². The van der Waals surface area contributed by atoms with Gasteiger partial charge in [-0.2, -0.15) is 4.98 Å². The lowest BCUT2D eigenvalue weighted by Gasteiger charge is -2.44. The second kappa shape index (κ2) is 12.8. The van der Waals surface area contributed by atoms with Crippen LogP contribution in [-0.4, -0.2) is 55.5 Å². The summed E-state index contributed by atoms with van der Waals surface area (Å²) < 4.78 is 1.62. The largest absolute Gasteiger partial charge is 0.355 e. The van der Waals surface area contributed by atoms with E-state index in [1.165, 1.54) is 12.5 Å². The van der Waals surface area contributed by atoms with Gasteiger partial charge in [0.15, 0.2) is 5.65 Å². The predicted molar refractivity (Wildman–Crippen MR) is 173 cm³/mol. The second-order valence-corrected chi connectivity index (χ2v) is 12.0. The fourth-order valence-electron chi connectivity index (χ4n) is 6.11. The molecule has 0 spiro atoms. The molecule has 2 aliphatic rings. The number of hydrogen-bond acceptors (Lipinski definition) is 6. The third-order valence-corrected chi connectivity index (χ3v) is 8.58. The molecule has 0 radical (unpaired) electrons. The number of rotatable bonds is 5. The summed E-state index contributed by atoms with van der Waals surface area (Å²) in [6.07, 6.45) is 10.7. The van der Waals surface area contributed by atoms with E-state index in [1.807, 2.05) is 37.8 Å². The Balaban J connectivity index is 0.00000405. The smallest absolute Gasteiger partial charge is 0.349 e. The van der Waals surface area contributed by atoms with Crippen LogP contribution in [0.5, 0.6) is 0 Å². The number of carbonyl (C=O) groups is 1. The highest BCUT2D eigenvalue weighted by molar-refractivity contribution is 6.33. The maximum absolute atomic E-state index is 14.1. The monoisotopic (exact) mass is 590 g/mol. The molecule has 0 bridgehead atoms. The van der Waals surface area contributed by atoms with Gasteiger partial charge in [-0.15, -0.1) is 0 Å². The number of fused-ring (bicyclic) bond motifs is 1. The first-order valence-corrected chi connectivity index (χ1v) is 15.0. The fourth-order valence-corrected chi connectivity index (χ4v) is 6.38. The third kappa shape index (κ3) is 5.74. The van der Waals surface area contributed by atoms with Crippen LogP contribution >= 0.6 is 11.6 Å². The molecule has 0 N–H and O–H groups in total. The summed E-state index contributed by atoms with van der Waals surface area (Å²) in [4.78, 5) is 45.0. The van der Waals surface area contributed by atoms with Crippen molar-refractivity contribution in [2.75, 3.05) is 18.0 Å². The zero-order valence-electron chi connectivity index (χ0n) is 24.7. The van der Waals surface area contributed by atoms with Gasteiger partial charge in [-0.3, -0.25) is 9.78 Å². The average Bonchev–Trinajstić information content (AvgIpc) is 3.23. The van der Waals surface area contributed by atoms with Crippen LogP contribution in [-0.2, 0) is 4.79 Å². The minimum atomic E-state index is -0.412. The Morgan fingerprint density at radius 3 is 2.62 bits per heavy atom. The summed E-state index contributed by atoms with van der Waals surface area (Å²) in [6.45, 7) is 14.8. The molecule has 8 nitrogen and oxygen atoms in total. The first-order valence-electron chi connectivity index (χ1n) is 14.6. The number of halogens is 1. The molecule has 1 amide bonds. The van der Waals surface area contributed by atoms with Gasteiger partial charge in [-0.1, -0.05) is 52.0 Å². The third-order valence-electron chi connectivity index (χ3n) is 8.29. The van der Waals surface area contributed by atoms with Crippen molar-refractivity contribution in [3.63, 3.8) is 0 Å². The zero-order chi connectivity index (χ0) is 29.4. The summed E-state index contributed by atoms with van der Waals surface area (Å²) in [5.74, 6) is 0.519. The molecule has 4 heterocycles. The van der Waals surface area contributed by atoms with E-state index >= 15 is 0 Å². The Morgan fingerprint density at radius 1 is 1.14 bits per heavy atom. The highest BCUT2D eigenvalue weighted by Crippen LogP contribution is 2.36. The van der Waals surface area contributed by atoms with Crippen molar-refractivity contribution in [2.24, 2.45) is 0 Å². The van der Waals surface area contributed by atoms with E-state index in [1.54, 1.807) is 10.8 Å². The molecule has 1 aliphatic heterocycles.